The third kappa shape index (κ3) is 6.84. The molecule has 0 aliphatic carbocycles. The van der Waals surface area contributed by atoms with Crippen molar-refractivity contribution in [2.75, 3.05) is 37.3 Å². The lowest BCUT2D eigenvalue weighted by Crippen LogP contribution is -2.46. The zero-order valence-corrected chi connectivity index (χ0v) is 19.7. The van der Waals surface area contributed by atoms with E-state index in [1.54, 1.807) is 13.2 Å². The minimum absolute atomic E-state index is 0. The van der Waals surface area contributed by atoms with E-state index in [0.29, 0.717) is 17.3 Å². The number of halogens is 2. The number of nitrogens with one attached hydrogen (secondary N) is 2. The Morgan fingerprint density at radius 1 is 1.50 bits per heavy atom. The number of aliphatic imine (C=N–C) groups is 1. The second-order valence-corrected chi connectivity index (χ2v) is 9.78. The molecular formula is C17H29ClIN5OS. The summed E-state index contributed by atoms with van der Waals surface area (Å²) in [6.45, 7) is 8.33. The number of pyridine rings is 1. The van der Waals surface area contributed by atoms with E-state index in [-0.39, 0.29) is 34.8 Å². The van der Waals surface area contributed by atoms with Crippen LogP contribution in [0.15, 0.2) is 23.3 Å². The molecule has 2 atom stereocenters. The van der Waals surface area contributed by atoms with Crippen molar-refractivity contribution in [1.29, 1.82) is 0 Å². The van der Waals surface area contributed by atoms with Gasteiger partial charge in [0.1, 0.15) is 5.82 Å². The summed E-state index contributed by atoms with van der Waals surface area (Å²) in [6, 6.07) is 3.98. The molecule has 1 aromatic heterocycles. The third-order valence-electron chi connectivity index (χ3n) is 4.05. The fraction of sp³-hybridized carbons (Fsp3) is 0.647. The summed E-state index contributed by atoms with van der Waals surface area (Å²) in [6.07, 6.45) is 2.75. The van der Waals surface area contributed by atoms with Crippen LogP contribution in [0.25, 0.3) is 0 Å². The zero-order valence-electron chi connectivity index (χ0n) is 15.8. The van der Waals surface area contributed by atoms with Crippen LogP contribution < -0.4 is 15.5 Å². The Morgan fingerprint density at radius 2 is 2.23 bits per heavy atom. The Kier molecular flexibility index (Phi) is 9.60. The Labute approximate surface area is 181 Å². The molecule has 2 unspecified atom stereocenters. The summed E-state index contributed by atoms with van der Waals surface area (Å²) in [5.41, 5.74) is 0. The number of hydrogen-bond acceptors (Lipinski definition) is 4. The lowest BCUT2D eigenvalue weighted by Gasteiger charge is -2.21. The molecule has 0 amide bonds. The second-order valence-electron chi connectivity index (χ2n) is 7.05. The molecular weight excluding hydrogens is 485 g/mol. The van der Waals surface area contributed by atoms with E-state index in [1.807, 2.05) is 32.9 Å². The molecule has 0 aromatic carbocycles. The Hall–Kier alpha value is -0.610. The third-order valence-corrected chi connectivity index (χ3v) is 6.29. The predicted octanol–water partition coefficient (Wildman–Crippen LogP) is 2.64. The van der Waals surface area contributed by atoms with Crippen LogP contribution in [-0.2, 0) is 10.8 Å². The Bertz CT molecular complexity index is 638. The van der Waals surface area contributed by atoms with Gasteiger partial charge in [0.2, 0.25) is 0 Å². The molecule has 2 heterocycles. The minimum Gasteiger partial charge on any atom is -0.355 e. The average molecular weight is 514 g/mol. The maximum Gasteiger partial charge on any atom is 0.191 e. The van der Waals surface area contributed by atoms with Gasteiger partial charge in [-0.05, 0) is 39.3 Å². The topological polar surface area (TPSA) is 69.6 Å². The van der Waals surface area contributed by atoms with Crippen molar-refractivity contribution in [3.05, 3.63) is 23.4 Å². The highest BCUT2D eigenvalue weighted by Crippen LogP contribution is 2.25. The van der Waals surface area contributed by atoms with Crippen molar-refractivity contribution in [3.8, 4) is 0 Å². The van der Waals surface area contributed by atoms with Crippen molar-refractivity contribution in [3.63, 3.8) is 0 Å². The number of nitrogens with zero attached hydrogens (tertiary/aromatic N) is 3. The molecule has 0 bridgehead atoms. The number of guanidine groups is 1. The smallest absolute Gasteiger partial charge is 0.191 e. The van der Waals surface area contributed by atoms with E-state index >= 15 is 0 Å². The van der Waals surface area contributed by atoms with Gasteiger partial charge in [0, 0.05) is 60.2 Å². The average Bonchev–Trinajstić information content (AvgIpc) is 3.01. The Balaban J connectivity index is 0.00000338. The van der Waals surface area contributed by atoms with Crippen LogP contribution in [0, 0.1) is 0 Å². The molecule has 1 fully saturated rings. The fourth-order valence-electron chi connectivity index (χ4n) is 2.64. The van der Waals surface area contributed by atoms with Crippen LogP contribution in [0.1, 0.15) is 27.2 Å². The van der Waals surface area contributed by atoms with Crippen LogP contribution in [0.4, 0.5) is 5.82 Å². The van der Waals surface area contributed by atoms with E-state index < -0.39 is 10.8 Å². The molecule has 2 rings (SSSR count). The molecule has 0 saturated carbocycles. The second kappa shape index (κ2) is 10.7. The summed E-state index contributed by atoms with van der Waals surface area (Å²) >= 11 is 6.23. The van der Waals surface area contributed by atoms with Gasteiger partial charge in [0.05, 0.1) is 5.02 Å². The SMILES string of the molecule is CN=C(NCCS(=O)C(C)(C)C)NC1CCN(c2ncccc2Cl)C1.I. The van der Waals surface area contributed by atoms with Crippen LogP contribution in [-0.4, -0.2) is 58.4 Å². The van der Waals surface area contributed by atoms with Crippen LogP contribution in [0.3, 0.4) is 0 Å². The molecule has 148 valence electrons. The van der Waals surface area contributed by atoms with E-state index in [4.69, 9.17) is 11.6 Å². The quantitative estimate of drug-likeness (QED) is 0.360. The lowest BCUT2D eigenvalue weighted by atomic mass is 10.3. The normalized spacial score (nSPS) is 19.0. The summed E-state index contributed by atoms with van der Waals surface area (Å²) in [5.74, 6) is 2.17. The number of hydrogen-bond donors (Lipinski definition) is 2. The molecule has 0 spiro atoms. The lowest BCUT2D eigenvalue weighted by molar-refractivity contribution is 0.641. The first kappa shape index (κ1) is 23.4. The van der Waals surface area contributed by atoms with Gasteiger partial charge in [-0.3, -0.25) is 9.20 Å². The molecule has 2 N–H and O–H groups in total. The zero-order chi connectivity index (χ0) is 18.4. The number of aromatic nitrogens is 1. The fourth-order valence-corrected chi connectivity index (χ4v) is 3.78. The van der Waals surface area contributed by atoms with Crippen LogP contribution in [0.2, 0.25) is 5.02 Å². The van der Waals surface area contributed by atoms with Crippen molar-refractivity contribution < 1.29 is 4.21 Å². The van der Waals surface area contributed by atoms with Crippen LogP contribution in [0.5, 0.6) is 0 Å². The van der Waals surface area contributed by atoms with Crippen LogP contribution >= 0.6 is 35.6 Å². The first-order chi connectivity index (χ1) is 11.8. The molecule has 9 heteroatoms. The molecule has 1 aliphatic heterocycles. The minimum atomic E-state index is -0.869. The number of rotatable bonds is 5. The first-order valence-electron chi connectivity index (χ1n) is 8.52. The molecule has 26 heavy (non-hydrogen) atoms. The van der Waals surface area contributed by atoms with Gasteiger partial charge < -0.3 is 15.5 Å². The van der Waals surface area contributed by atoms with E-state index in [1.165, 1.54) is 0 Å². The van der Waals surface area contributed by atoms with E-state index in [9.17, 15) is 4.21 Å². The summed E-state index contributed by atoms with van der Waals surface area (Å²) in [7, 11) is 0.879. The monoisotopic (exact) mass is 513 g/mol. The summed E-state index contributed by atoms with van der Waals surface area (Å²) in [5, 5.41) is 7.35. The predicted molar refractivity (Wildman–Crippen MR) is 123 cm³/mol. The van der Waals surface area contributed by atoms with Gasteiger partial charge in [0.15, 0.2) is 5.96 Å². The maximum atomic E-state index is 12.1. The molecule has 1 aromatic rings. The van der Waals surface area contributed by atoms with Gasteiger partial charge in [0.25, 0.3) is 0 Å². The highest BCUT2D eigenvalue weighted by Gasteiger charge is 2.25. The highest BCUT2D eigenvalue weighted by molar-refractivity contribution is 14.0. The maximum absolute atomic E-state index is 12.1. The molecule has 1 aliphatic rings. The van der Waals surface area contributed by atoms with Gasteiger partial charge >= 0.3 is 0 Å². The van der Waals surface area contributed by atoms with Gasteiger partial charge in [-0.15, -0.1) is 24.0 Å². The van der Waals surface area contributed by atoms with Crippen molar-refractivity contribution >= 4 is 58.2 Å². The van der Waals surface area contributed by atoms with E-state index in [2.05, 4.69) is 25.5 Å². The molecule has 0 radical (unpaired) electrons. The number of anilines is 1. The summed E-state index contributed by atoms with van der Waals surface area (Å²) < 4.78 is 11.9. The first-order valence-corrected chi connectivity index (χ1v) is 10.2. The van der Waals surface area contributed by atoms with Gasteiger partial charge in [-0.1, -0.05) is 11.6 Å². The standard InChI is InChI=1S/C17H28ClN5OS.HI/c1-17(2,3)25(24)11-9-21-16(19-4)22-13-7-10-23(12-13)15-14(18)6-5-8-20-15;/h5-6,8,13H,7,9-12H2,1-4H3,(H2,19,21,22);1H. The Morgan fingerprint density at radius 3 is 2.85 bits per heavy atom. The van der Waals surface area contributed by atoms with Gasteiger partial charge in [-0.2, -0.15) is 0 Å². The molecule has 1 saturated heterocycles. The van der Waals surface area contributed by atoms with Crippen molar-refractivity contribution in [2.45, 2.75) is 38.0 Å². The van der Waals surface area contributed by atoms with E-state index in [0.717, 1.165) is 31.3 Å². The summed E-state index contributed by atoms with van der Waals surface area (Å²) in [4.78, 5) is 10.8. The molecule has 6 nitrogen and oxygen atoms in total. The van der Waals surface area contributed by atoms with Crippen molar-refractivity contribution in [2.24, 2.45) is 4.99 Å². The highest BCUT2D eigenvalue weighted by atomic mass is 127. The largest absolute Gasteiger partial charge is 0.355 e. The van der Waals surface area contributed by atoms with Gasteiger partial charge in [-0.25, -0.2) is 4.98 Å². The van der Waals surface area contributed by atoms with Crippen molar-refractivity contribution in [1.82, 2.24) is 15.6 Å².